The van der Waals surface area contributed by atoms with Gasteiger partial charge in [-0.1, -0.05) is 12.1 Å². The van der Waals surface area contributed by atoms with Crippen molar-refractivity contribution in [3.63, 3.8) is 0 Å². The normalized spacial score (nSPS) is 12.2. The molecule has 10 nitrogen and oxygen atoms in total. The first-order chi connectivity index (χ1) is 13.2. The molecule has 0 fully saturated rings. The highest BCUT2D eigenvalue weighted by Gasteiger charge is 2.24. The van der Waals surface area contributed by atoms with E-state index in [2.05, 4.69) is 9.88 Å². The molecule has 0 aliphatic heterocycles. The fourth-order valence-corrected chi connectivity index (χ4v) is 3.64. The zero-order valence-electron chi connectivity index (χ0n) is 15.2. The van der Waals surface area contributed by atoms with Crippen molar-refractivity contribution in [2.45, 2.75) is 25.3 Å². The standard InChI is InChI=1S/C16H25ClN4O6S/c17-7-1-10-28(24,25)21-14(15(22)23)11-12-3-5-13(6-4-12)26-8-2-9-27-20-16(18)19/h3-6,14,21H,1-2,7-11H2,(H,22,23)(H4,18,19,20)/t14-/m0/s1. The van der Waals surface area contributed by atoms with Crippen LogP contribution < -0.4 is 20.9 Å². The van der Waals surface area contributed by atoms with E-state index in [1.54, 1.807) is 24.3 Å². The Bertz CT molecular complexity index is 738. The lowest BCUT2D eigenvalue weighted by atomic mass is 10.1. The summed E-state index contributed by atoms with van der Waals surface area (Å²) in [7, 11) is -3.72. The minimum absolute atomic E-state index is 0.00206. The number of nitrogens with two attached hydrogens (primary N) is 2. The van der Waals surface area contributed by atoms with Gasteiger partial charge in [0.15, 0.2) is 0 Å². The third-order valence-corrected chi connectivity index (χ3v) is 5.09. The number of nitrogens with zero attached hydrogens (tertiary/aromatic N) is 1. The lowest BCUT2D eigenvalue weighted by Crippen LogP contribution is -2.43. The number of benzene rings is 1. The number of hydrogen-bond donors (Lipinski definition) is 4. The summed E-state index contributed by atoms with van der Waals surface area (Å²) >= 11 is 5.48. The van der Waals surface area contributed by atoms with Crippen LogP contribution in [0.25, 0.3) is 0 Å². The first-order valence-electron chi connectivity index (χ1n) is 8.45. The van der Waals surface area contributed by atoms with Gasteiger partial charge >= 0.3 is 5.97 Å². The number of carboxylic acid groups (broad SMARTS) is 1. The maximum Gasteiger partial charge on any atom is 0.322 e. The van der Waals surface area contributed by atoms with E-state index in [0.717, 1.165) is 0 Å². The fourth-order valence-electron chi connectivity index (χ4n) is 2.09. The molecular weight excluding hydrogens is 412 g/mol. The summed E-state index contributed by atoms with van der Waals surface area (Å²) in [5.41, 5.74) is 10.9. The molecule has 1 aromatic rings. The van der Waals surface area contributed by atoms with Gasteiger partial charge in [0.2, 0.25) is 16.0 Å². The molecule has 1 aromatic carbocycles. The quantitative estimate of drug-likeness (QED) is 0.105. The summed E-state index contributed by atoms with van der Waals surface area (Å²) in [6, 6.07) is 5.43. The predicted molar refractivity (Wildman–Crippen MR) is 106 cm³/mol. The smallest absolute Gasteiger partial charge is 0.322 e. The number of rotatable bonds is 14. The third-order valence-electron chi connectivity index (χ3n) is 3.35. The summed E-state index contributed by atoms with van der Waals surface area (Å²) in [4.78, 5) is 16.2. The summed E-state index contributed by atoms with van der Waals surface area (Å²) in [5.74, 6) is -0.867. The van der Waals surface area contributed by atoms with Crippen LogP contribution >= 0.6 is 11.6 Å². The minimum Gasteiger partial charge on any atom is -0.493 e. The fraction of sp³-hybridized carbons (Fsp3) is 0.500. The molecule has 0 aromatic heterocycles. The number of sulfonamides is 1. The average Bonchev–Trinajstić information content (AvgIpc) is 2.63. The molecular formula is C16H25ClN4O6S. The number of carboxylic acids is 1. The molecule has 0 unspecified atom stereocenters. The maximum atomic E-state index is 11.9. The van der Waals surface area contributed by atoms with Gasteiger partial charge in [0.05, 0.1) is 12.4 Å². The van der Waals surface area contributed by atoms with Crippen LogP contribution in [0.3, 0.4) is 0 Å². The van der Waals surface area contributed by atoms with Crippen LogP contribution in [0.5, 0.6) is 5.75 Å². The summed E-state index contributed by atoms with van der Waals surface area (Å²) in [6.07, 6.45) is 0.804. The van der Waals surface area contributed by atoms with Gasteiger partial charge in [-0.15, -0.1) is 11.6 Å². The third kappa shape index (κ3) is 10.2. The van der Waals surface area contributed by atoms with Gasteiger partial charge in [-0.2, -0.15) is 0 Å². The highest BCUT2D eigenvalue weighted by Crippen LogP contribution is 2.14. The average molecular weight is 437 g/mol. The van der Waals surface area contributed by atoms with E-state index in [1.807, 2.05) is 0 Å². The number of nitrogens with one attached hydrogen (secondary N) is 1. The van der Waals surface area contributed by atoms with Crippen LogP contribution in [-0.4, -0.2) is 56.3 Å². The second-order valence-corrected chi connectivity index (χ2v) is 8.02. The molecule has 0 aliphatic rings. The van der Waals surface area contributed by atoms with E-state index in [1.165, 1.54) is 0 Å². The Kier molecular flexibility index (Phi) is 10.4. The van der Waals surface area contributed by atoms with Gasteiger partial charge in [0.1, 0.15) is 18.4 Å². The minimum atomic E-state index is -3.72. The van der Waals surface area contributed by atoms with Crippen molar-refractivity contribution in [1.29, 1.82) is 0 Å². The van der Waals surface area contributed by atoms with Crippen molar-refractivity contribution in [2.24, 2.45) is 16.6 Å². The number of halogens is 1. The Labute approximate surface area is 168 Å². The number of guanidine groups is 1. The molecule has 0 heterocycles. The molecule has 12 heteroatoms. The van der Waals surface area contributed by atoms with Gasteiger partial charge in [0, 0.05) is 12.3 Å². The number of hydrogen-bond acceptors (Lipinski definition) is 6. The van der Waals surface area contributed by atoms with Crippen LogP contribution in [0, 0.1) is 0 Å². The van der Waals surface area contributed by atoms with Gasteiger partial charge < -0.3 is 26.1 Å². The Morgan fingerprint density at radius 1 is 1.21 bits per heavy atom. The molecule has 158 valence electrons. The molecule has 0 saturated carbocycles. The largest absolute Gasteiger partial charge is 0.493 e. The Morgan fingerprint density at radius 3 is 2.46 bits per heavy atom. The zero-order chi connectivity index (χ0) is 21.0. The first kappa shape index (κ1) is 23.8. The first-order valence-corrected chi connectivity index (χ1v) is 10.6. The predicted octanol–water partition coefficient (Wildman–Crippen LogP) is 0.205. The van der Waals surface area contributed by atoms with Crippen LogP contribution in [0.4, 0.5) is 0 Å². The van der Waals surface area contributed by atoms with E-state index < -0.39 is 22.0 Å². The molecule has 0 amide bonds. The molecule has 0 saturated heterocycles. The van der Waals surface area contributed by atoms with Crippen LogP contribution in [0.15, 0.2) is 29.4 Å². The van der Waals surface area contributed by atoms with Crippen molar-refractivity contribution in [1.82, 2.24) is 4.72 Å². The molecule has 0 radical (unpaired) electrons. The van der Waals surface area contributed by atoms with Gasteiger partial charge in [-0.05, 0) is 35.7 Å². The second-order valence-electron chi connectivity index (χ2n) is 5.77. The highest BCUT2D eigenvalue weighted by molar-refractivity contribution is 7.89. The maximum absolute atomic E-state index is 11.9. The van der Waals surface area contributed by atoms with Crippen LogP contribution in [0.2, 0.25) is 0 Å². The van der Waals surface area contributed by atoms with Gasteiger partial charge in [0.25, 0.3) is 0 Å². The van der Waals surface area contributed by atoms with E-state index in [-0.39, 0.29) is 30.4 Å². The molecule has 0 bridgehead atoms. The van der Waals surface area contributed by atoms with E-state index in [4.69, 9.17) is 32.6 Å². The van der Waals surface area contributed by atoms with Crippen molar-refractivity contribution in [3.8, 4) is 5.75 Å². The van der Waals surface area contributed by atoms with Gasteiger partial charge in [-0.25, -0.2) is 13.1 Å². The number of alkyl halides is 1. The van der Waals surface area contributed by atoms with Crippen molar-refractivity contribution < 1.29 is 27.9 Å². The SMILES string of the molecule is NC(N)=NOCCCOc1ccc(C[C@H](NS(=O)(=O)CCCCl)C(=O)O)cc1. The Hall–Kier alpha value is -2.24. The van der Waals surface area contributed by atoms with Crippen molar-refractivity contribution in [2.75, 3.05) is 24.8 Å². The molecule has 0 spiro atoms. The van der Waals surface area contributed by atoms with E-state index in [0.29, 0.717) is 30.9 Å². The number of oxime groups is 1. The van der Waals surface area contributed by atoms with Crippen LogP contribution in [-0.2, 0) is 26.1 Å². The molecule has 1 atom stereocenters. The molecule has 6 N–H and O–H groups in total. The monoisotopic (exact) mass is 436 g/mol. The molecule has 0 aliphatic carbocycles. The van der Waals surface area contributed by atoms with E-state index >= 15 is 0 Å². The summed E-state index contributed by atoms with van der Waals surface area (Å²) in [6.45, 7) is 0.664. The van der Waals surface area contributed by atoms with Gasteiger partial charge in [-0.3, -0.25) is 4.79 Å². The Morgan fingerprint density at radius 2 is 1.89 bits per heavy atom. The van der Waals surface area contributed by atoms with E-state index in [9.17, 15) is 18.3 Å². The highest BCUT2D eigenvalue weighted by atomic mass is 35.5. The summed E-state index contributed by atoms with van der Waals surface area (Å²) in [5, 5.41) is 12.7. The van der Waals surface area contributed by atoms with Crippen LogP contribution in [0.1, 0.15) is 18.4 Å². The Balaban J connectivity index is 2.52. The van der Waals surface area contributed by atoms with Crippen molar-refractivity contribution >= 4 is 33.6 Å². The molecule has 28 heavy (non-hydrogen) atoms. The lowest BCUT2D eigenvalue weighted by Gasteiger charge is -2.15. The van der Waals surface area contributed by atoms with Crippen molar-refractivity contribution in [3.05, 3.63) is 29.8 Å². The zero-order valence-corrected chi connectivity index (χ0v) is 16.8. The number of ether oxygens (including phenoxy) is 1. The lowest BCUT2D eigenvalue weighted by molar-refractivity contribution is -0.138. The second kappa shape index (κ2) is 12.3. The topological polar surface area (TPSA) is 166 Å². The number of aliphatic carboxylic acids is 1. The number of carbonyl (C=O) groups is 1. The molecule has 1 rings (SSSR count). The summed E-state index contributed by atoms with van der Waals surface area (Å²) < 4.78 is 31.5.